The maximum Gasteiger partial charge on any atom is 0.251 e. The number of carbonyl (C=O) groups excluding carboxylic acids is 1. The van der Waals surface area contributed by atoms with Crippen LogP contribution in [0.4, 0.5) is 14.5 Å². The van der Waals surface area contributed by atoms with E-state index in [4.69, 9.17) is 11.6 Å². The molecule has 0 N–H and O–H groups in total. The maximum absolute atomic E-state index is 13.1. The molecule has 3 aromatic rings. The molecule has 0 spiro atoms. The fraction of sp³-hybridized carbons (Fsp3) is 0.316. The summed E-state index contributed by atoms with van der Waals surface area (Å²) in [4.78, 5) is 14.8. The lowest BCUT2D eigenvalue weighted by Crippen LogP contribution is -2.42. The van der Waals surface area contributed by atoms with E-state index in [0.717, 1.165) is 6.42 Å². The number of hydrogen-bond acceptors (Lipinski definition) is 3. The van der Waals surface area contributed by atoms with Crippen molar-refractivity contribution in [2.24, 2.45) is 0 Å². The number of nitrogens with zero attached hydrogens (tertiary/aromatic N) is 5. The Morgan fingerprint density at radius 2 is 2.00 bits per heavy atom. The van der Waals surface area contributed by atoms with Crippen molar-refractivity contribution in [2.75, 3.05) is 11.4 Å². The third-order valence-corrected chi connectivity index (χ3v) is 5.44. The van der Waals surface area contributed by atoms with Crippen LogP contribution in [0, 0.1) is 12.7 Å². The molecule has 0 saturated carbocycles. The second-order valence-electron chi connectivity index (χ2n) is 6.69. The molecule has 1 unspecified atom stereocenters. The molecule has 4 rings (SSSR count). The van der Waals surface area contributed by atoms with Crippen LogP contribution in [0.2, 0.25) is 5.02 Å². The summed E-state index contributed by atoms with van der Waals surface area (Å²) in [6.45, 7) is 1.50. The van der Waals surface area contributed by atoms with E-state index < -0.39 is 12.7 Å². The minimum absolute atomic E-state index is 0.141. The van der Waals surface area contributed by atoms with Gasteiger partial charge in [0.1, 0.15) is 24.2 Å². The molecule has 9 heteroatoms. The second kappa shape index (κ2) is 7.35. The predicted molar refractivity (Wildman–Crippen MR) is 101 cm³/mol. The molecule has 2 aromatic heterocycles. The van der Waals surface area contributed by atoms with Crippen molar-refractivity contribution in [1.82, 2.24) is 19.6 Å². The predicted octanol–water partition coefficient (Wildman–Crippen LogP) is 4.01. The summed E-state index contributed by atoms with van der Waals surface area (Å²) < 4.78 is 29.3. The van der Waals surface area contributed by atoms with E-state index >= 15 is 0 Å². The maximum atomic E-state index is 13.1. The van der Waals surface area contributed by atoms with Crippen LogP contribution in [-0.4, -0.2) is 32.0 Å². The zero-order chi connectivity index (χ0) is 19.8. The van der Waals surface area contributed by atoms with Crippen LogP contribution in [0.1, 0.15) is 30.3 Å². The average molecular weight is 406 g/mol. The van der Waals surface area contributed by atoms with Crippen LogP contribution in [0.15, 0.2) is 36.7 Å². The van der Waals surface area contributed by atoms with Gasteiger partial charge in [0, 0.05) is 6.54 Å². The van der Waals surface area contributed by atoms with Gasteiger partial charge >= 0.3 is 0 Å². The molecular weight excluding hydrogens is 388 g/mol. The molecule has 28 heavy (non-hydrogen) atoms. The Balaban J connectivity index is 1.61. The van der Waals surface area contributed by atoms with Crippen molar-refractivity contribution >= 4 is 23.2 Å². The number of carbonyl (C=O) groups is 1. The van der Waals surface area contributed by atoms with Crippen molar-refractivity contribution in [3.8, 4) is 5.69 Å². The van der Waals surface area contributed by atoms with E-state index in [0.29, 0.717) is 30.0 Å². The Morgan fingerprint density at radius 3 is 2.68 bits per heavy atom. The van der Waals surface area contributed by atoms with E-state index in [1.807, 2.05) is 0 Å². The van der Waals surface area contributed by atoms with Gasteiger partial charge in [-0.15, -0.1) is 0 Å². The molecule has 0 radical (unpaired) electrons. The molecule has 1 aromatic carbocycles. The van der Waals surface area contributed by atoms with Crippen molar-refractivity contribution in [1.29, 1.82) is 0 Å². The highest BCUT2D eigenvalue weighted by Gasteiger charge is 2.34. The zero-order valence-corrected chi connectivity index (χ0v) is 15.9. The molecule has 0 aliphatic carbocycles. The lowest BCUT2D eigenvalue weighted by atomic mass is 10.0. The van der Waals surface area contributed by atoms with Gasteiger partial charge < -0.3 is 4.90 Å². The number of benzene rings is 1. The summed E-state index contributed by atoms with van der Waals surface area (Å²) in [7, 11) is 0. The van der Waals surface area contributed by atoms with Gasteiger partial charge in [0.15, 0.2) is 0 Å². The number of alkyl halides is 1. The highest BCUT2D eigenvalue weighted by atomic mass is 35.5. The smallest absolute Gasteiger partial charge is 0.251 e. The summed E-state index contributed by atoms with van der Waals surface area (Å²) in [5.41, 5.74) is 2.06. The van der Waals surface area contributed by atoms with Crippen molar-refractivity contribution < 1.29 is 13.6 Å². The molecular formula is C19H18ClF2N5O. The van der Waals surface area contributed by atoms with Crippen LogP contribution in [0.5, 0.6) is 0 Å². The van der Waals surface area contributed by atoms with Gasteiger partial charge in [0.2, 0.25) is 0 Å². The number of amides is 1. The molecule has 1 amide bonds. The SMILES string of the molecule is Cc1c(Cl)c(CF)nn1C1CCCN(c2cnn(-c3ccc(F)cc3)c2)C1=O. The molecule has 1 fully saturated rings. The Bertz CT molecular complexity index is 1010. The minimum atomic E-state index is -0.776. The second-order valence-corrected chi connectivity index (χ2v) is 7.07. The molecule has 1 saturated heterocycles. The monoisotopic (exact) mass is 405 g/mol. The molecule has 6 nitrogen and oxygen atoms in total. The summed E-state index contributed by atoms with van der Waals surface area (Å²) >= 11 is 6.13. The van der Waals surface area contributed by atoms with E-state index in [2.05, 4.69) is 10.2 Å². The fourth-order valence-electron chi connectivity index (χ4n) is 3.47. The number of piperidine rings is 1. The molecule has 146 valence electrons. The standard InChI is InChI=1S/C19H18ClF2N5O/c1-12-18(20)16(9-21)24-27(12)17-3-2-8-25(19(17)28)15-10-23-26(11-15)14-6-4-13(22)5-7-14/h4-7,10-11,17H,2-3,8-9H2,1H3. The number of aromatic nitrogens is 4. The van der Waals surface area contributed by atoms with E-state index in [1.165, 1.54) is 16.8 Å². The van der Waals surface area contributed by atoms with Crippen LogP contribution < -0.4 is 4.90 Å². The van der Waals surface area contributed by atoms with E-state index in [9.17, 15) is 13.6 Å². The van der Waals surface area contributed by atoms with Crippen LogP contribution in [0.25, 0.3) is 5.69 Å². The summed E-state index contributed by atoms with van der Waals surface area (Å²) in [5.74, 6) is -0.469. The average Bonchev–Trinajstić information content (AvgIpc) is 3.29. The van der Waals surface area contributed by atoms with E-state index in [-0.39, 0.29) is 22.4 Å². The first kappa shape index (κ1) is 18.6. The summed E-state index contributed by atoms with van der Waals surface area (Å²) in [5, 5.41) is 8.74. The van der Waals surface area contributed by atoms with Gasteiger partial charge in [-0.3, -0.25) is 9.48 Å². The Hall–Kier alpha value is -2.74. The van der Waals surface area contributed by atoms with E-state index in [1.54, 1.807) is 41.0 Å². The number of hydrogen-bond donors (Lipinski definition) is 0. The lowest BCUT2D eigenvalue weighted by molar-refractivity contribution is -0.123. The lowest BCUT2D eigenvalue weighted by Gasteiger charge is -2.32. The van der Waals surface area contributed by atoms with Crippen LogP contribution in [-0.2, 0) is 11.5 Å². The summed E-state index contributed by atoms with van der Waals surface area (Å²) in [6.07, 6.45) is 4.69. The molecule has 3 heterocycles. The third-order valence-electron chi connectivity index (χ3n) is 4.95. The number of anilines is 1. The Kier molecular flexibility index (Phi) is 4.89. The first-order valence-corrected chi connectivity index (χ1v) is 9.29. The molecule has 1 aliphatic rings. The fourth-order valence-corrected chi connectivity index (χ4v) is 3.65. The zero-order valence-electron chi connectivity index (χ0n) is 15.1. The molecule has 1 aliphatic heterocycles. The van der Waals surface area contributed by atoms with Gasteiger partial charge in [0.25, 0.3) is 5.91 Å². The topological polar surface area (TPSA) is 56.0 Å². The van der Waals surface area contributed by atoms with Gasteiger partial charge in [-0.05, 0) is 44.0 Å². The van der Waals surface area contributed by atoms with Gasteiger partial charge in [0.05, 0.1) is 34.5 Å². The van der Waals surface area contributed by atoms with Crippen LogP contribution in [0.3, 0.4) is 0 Å². The van der Waals surface area contributed by atoms with Gasteiger partial charge in [-0.25, -0.2) is 13.5 Å². The third kappa shape index (κ3) is 3.17. The van der Waals surface area contributed by atoms with Crippen LogP contribution >= 0.6 is 11.6 Å². The normalized spacial score (nSPS) is 17.4. The van der Waals surface area contributed by atoms with Gasteiger partial charge in [-0.2, -0.15) is 10.2 Å². The number of rotatable bonds is 4. The molecule has 0 bridgehead atoms. The first-order valence-electron chi connectivity index (χ1n) is 8.91. The van der Waals surface area contributed by atoms with Crippen molar-refractivity contribution in [2.45, 2.75) is 32.5 Å². The highest BCUT2D eigenvalue weighted by molar-refractivity contribution is 6.31. The number of halogens is 3. The highest BCUT2D eigenvalue weighted by Crippen LogP contribution is 2.31. The Morgan fingerprint density at radius 1 is 1.25 bits per heavy atom. The molecule has 1 atom stereocenters. The van der Waals surface area contributed by atoms with Gasteiger partial charge in [-0.1, -0.05) is 11.6 Å². The minimum Gasteiger partial charge on any atom is -0.308 e. The van der Waals surface area contributed by atoms with Crippen molar-refractivity contribution in [3.05, 3.63) is 58.9 Å². The van der Waals surface area contributed by atoms with Crippen molar-refractivity contribution in [3.63, 3.8) is 0 Å². The quantitative estimate of drug-likeness (QED) is 0.659. The largest absolute Gasteiger partial charge is 0.308 e. The first-order chi connectivity index (χ1) is 13.5. The summed E-state index contributed by atoms with van der Waals surface area (Å²) in [6, 6.07) is 5.39. The Labute approximate surface area is 165 Å².